The van der Waals surface area contributed by atoms with Crippen LogP contribution >= 0.6 is 15.9 Å². The topological polar surface area (TPSA) is 55.8 Å². The summed E-state index contributed by atoms with van der Waals surface area (Å²) in [5, 5.41) is 0. The zero-order chi connectivity index (χ0) is 17.6. The van der Waals surface area contributed by atoms with Crippen LogP contribution in [0.25, 0.3) is 0 Å². The molecule has 0 heterocycles. The summed E-state index contributed by atoms with van der Waals surface area (Å²) >= 11 is 3.20. The fourth-order valence-corrected chi connectivity index (χ4v) is 2.49. The number of halogens is 2. The summed E-state index contributed by atoms with van der Waals surface area (Å²) in [6, 6.07) is 3.98. The van der Waals surface area contributed by atoms with Crippen molar-refractivity contribution in [2.45, 2.75) is 26.9 Å². The van der Waals surface area contributed by atoms with Gasteiger partial charge in [-0.2, -0.15) is 0 Å². The Morgan fingerprint density at radius 3 is 2.52 bits per heavy atom. The van der Waals surface area contributed by atoms with Crippen LogP contribution in [0.4, 0.5) is 4.39 Å². The molecule has 1 aromatic rings. The lowest BCUT2D eigenvalue weighted by molar-refractivity contribution is -0.147. The first-order valence-corrected chi connectivity index (χ1v) is 8.07. The molecule has 0 aliphatic heterocycles. The fraction of sp³-hybridized carbons (Fsp3) is 0.500. The molecule has 2 unspecified atom stereocenters. The van der Waals surface area contributed by atoms with E-state index < -0.39 is 17.8 Å². The van der Waals surface area contributed by atoms with Crippen LogP contribution in [-0.4, -0.2) is 43.1 Å². The van der Waals surface area contributed by atoms with Crippen molar-refractivity contribution in [3.63, 3.8) is 0 Å². The van der Waals surface area contributed by atoms with Crippen molar-refractivity contribution in [2.75, 3.05) is 20.2 Å². The molecule has 1 amide bonds. The van der Waals surface area contributed by atoms with E-state index in [1.54, 1.807) is 13.8 Å². The van der Waals surface area contributed by atoms with Crippen LogP contribution in [0.2, 0.25) is 0 Å². The Kier molecular flexibility index (Phi) is 7.48. The molecule has 0 saturated heterocycles. The van der Waals surface area contributed by atoms with Gasteiger partial charge >= 0.3 is 5.97 Å². The average molecular weight is 390 g/mol. The lowest BCUT2D eigenvalue weighted by Gasteiger charge is -2.27. The molecule has 0 N–H and O–H groups in total. The predicted octanol–water partition coefficient (Wildman–Crippen LogP) is 3.01. The lowest BCUT2D eigenvalue weighted by atomic mass is 10.1. The van der Waals surface area contributed by atoms with Crippen molar-refractivity contribution in [1.29, 1.82) is 0 Å². The Hall–Kier alpha value is -1.63. The molecule has 0 aromatic heterocycles. The molecular weight excluding hydrogens is 369 g/mol. The SMILES string of the molecule is CCN(CC(C)C(=O)OC)C(=O)C(C)Oc1ccc(F)cc1Br. The summed E-state index contributed by atoms with van der Waals surface area (Å²) in [6.45, 7) is 5.83. The number of hydrogen-bond acceptors (Lipinski definition) is 4. The summed E-state index contributed by atoms with van der Waals surface area (Å²) in [5.41, 5.74) is 0. The number of methoxy groups -OCH3 is 1. The Balaban J connectivity index is 2.74. The number of esters is 1. The highest BCUT2D eigenvalue weighted by molar-refractivity contribution is 9.10. The Labute approximate surface area is 143 Å². The van der Waals surface area contributed by atoms with Crippen LogP contribution in [0.1, 0.15) is 20.8 Å². The van der Waals surface area contributed by atoms with Gasteiger partial charge in [-0.05, 0) is 48.0 Å². The van der Waals surface area contributed by atoms with E-state index in [0.717, 1.165) is 0 Å². The van der Waals surface area contributed by atoms with E-state index in [9.17, 15) is 14.0 Å². The van der Waals surface area contributed by atoms with E-state index in [4.69, 9.17) is 4.74 Å². The largest absolute Gasteiger partial charge is 0.480 e. The van der Waals surface area contributed by atoms with Gasteiger partial charge in [0.2, 0.25) is 0 Å². The third-order valence-corrected chi connectivity index (χ3v) is 3.96. The van der Waals surface area contributed by atoms with Crippen molar-refractivity contribution in [1.82, 2.24) is 4.90 Å². The van der Waals surface area contributed by atoms with Gasteiger partial charge in [-0.25, -0.2) is 4.39 Å². The Morgan fingerprint density at radius 2 is 2.00 bits per heavy atom. The second-order valence-corrected chi connectivity index (χ2v) is 5.99. The van der Waals surface area contributed by atoms with Crippen LogP contribution in [0.5, 0.6) is 5.75 Å². The number of ether oxygens (including phenoxy) is 2. The number of benzene rings is 1. The molecule has 0 fully saturated rings. The highest BCUT2D eigenvalue weighted by atomic mass is 79.9. The normalized spacial score (nSPS) is 13.1. The molecule has 0 aliphatic carbocycles. The Bertz CT molecular complexity index is 567. The van der Waals surface area contributed by atoms with Gasteiger partial charge in [0, 0.05) is 13.1 Å². The lowest BCUT2D eigenvalue weighted by Crippen LogP contribution is -2.43. The highest BCUT2D eigenvalue weighted by Gasteiger charge is 2.25. The molecule has 128 valence electrons. The number of amides is 1. The van der Waals surface area contributed by atoms with Crippen LogP contribution in [-0.2, 0) is 14.3 Å². The molecule has 0 aliphatic rings. The molecule has 7 heteroatoms. The van der Waals surface area contributed by atoms with Crippen molar-refractivity contribution < 1.29 is 23.5 Å². The second kappa shape index (κ2) is 8.86. The number of carbonyl (C=O) groups is 2. The Morgan fingerprint density at radius 1 is 1.35 bits per heavy atom. The molecule has 0 bridgehead atoms. The third-order valence-electron chi connectivity index (χ3n) is 3.34. The summed E-state index contributed by atoms with van der Waals surface area (Å²) in [7, 11) is 1.31. The maximum absolute atomic E-state index is 13.1. The molecule has 2 atom stereocenters. The molecule has 0 radical (unpaired) electrons. The van der Waals surface area contributed by atoms with E-state index in [1.165, 1.54) is 30.2 Å². The van der Waals surface area contributed by atoms with Crippen molar-refractivity contribution in [3.8, 4) is 5.75 Å². The van der Waals surface area contributed by atoms with E-state index in [0.29, 0.717) is 16.8 Å². The summed E-state index contributed by atoms with van der Waals surface area (Å²) < 4.78 is 23.8. The number of carbonyl (C=O) groups excluding carboxylic acids is 2. The van der Waals surface area contributed by atoms with E-state index in [1.807, 2.05) is 6.92 Å². The first-order chi connectivity index (χ1) is 10.8. The van der Waals surface area contributed by atoms with Gasteiger partial charge in [0.1, 0.15) is 11.6 Å². The first-order valence-electron chi connectivity index (χ1n) is 7.28. The average Bonchev–Trinajstić information content (AvgIpc) is 2.53. The number of hydrogen-bond donors (Lipinski definition) is 0. The monoisotopic (exact) mass is 389 g/mol. The number of nitrogens with zero attached hydrogens (tertiary/aromatic N) is 1. The third kappa shape index (κ3) is 5.49. The van der Waals surface area contributed by atoms with Crippen LogP contribution in [0.15, 0.2) is 22.7 Å². The minimum Gasteiger partial charge on any atom is -0.480 e. The summed E-state index contributed by atoms with van der Waals surface area (Å²) in [5.74, 6) is -1.06. The zero-order valence-corrected chi connectivity index (χ0v) is 15.2. The molecule has 0 spiro atoms. The van der Waals surface area contributed by atoms with Crippen LogP contribution in [0.3, 0.4) is 0 Å². The van der Waals surface area contributed by atoms with Gasteiger partial charge in [-0.3, -0.25) is 9.59 Å². The molecular formula is C16H21BrFNO4. The molecule has 23 heavy (non-hydrogen) atoms. The molecule has 0 saturated carbocycles. The summed E-state index contributed by atoms with van der Waals surface area (Å²) in [6.07, 6.45) is -0.762. The van der Waals surface area contributed by atoms with E-state index >= 15 is 0 Å². The van der Waals surface area contributed by atoms with Crippen molar-refractivity contribution in [2.24, 2.45) is 5.92 Å². The highest BCUT2D eigenvalue weighted by Crippen LogP contribution is 2.26. The van der Waals surface area contributed by atoms with Gasteiger partial charge in [0.05, 0.1) is 17.5 Å². The van der Waals surface area contributed by atoms with E-state index in [2.05, 4.69) is 20.7 Å². The maximum Gasteiger partial charge on any atom is 0.310 e. The smallest absolute Gasteiger partial charge is 0.310 e. The minimum atomic E-state index is -0.762. The zero-order valence-electron chi connectivity index (χ0n) is 13.6. The first kappa shape index (κ1) is 19.4. The van der Waals surface area contributed by atoms with Gasteiger partial charge in [-0.1, -0.05) is 6.92 Å². The number of rotatable bonds is 7. The van der Waals surface area contributed by atoms with Gasteiger partial charge in [-0.15, -0.1) is 0 Å². The van der Waals surface area contributed by atoms with Crippen LogP contribution < -0.4 is 4.74 Å². The molecule has 1 rings (SSSR count). The van der Waals surface area contributed by atoms with Crippen molar-refractivity contribution >= 4 is 27.8 Å². The fourth-order valence-electron chi connectivity index (χ4n) is 2.05. The van der Waals surface area contributed by atoms with Gasteiger partial charge in [0.15, 0.2) is 6.10 Å². The standard InChI is InChI=1S/C16H21BrFNO4/c1-5-19(9-10(2)16(21)22-4)15(20)11(3)23-14-7-6-12(18)8-13(14)17/h6-8,10-11H,5,9H2,1-4H3. The predicted molar refractivity (Wildman–Crippen MR) is 87.6 cm³/mol. The minimum absolute atomic E-state index is 0.250. The number of likely N-dealkylation sites (N-methyl/N-ethyl adjacent to an activating group) is 1. The maximum atomic E-state index is 13.1. The molecule has 1 aromatic carbocycles. The molecule has 5 nitrogen and oxygen atoms in total. The van der Waals surface area contributed by atoms with Crippen LogP contribution in [0, 0.1) is 11.7 Å². The van der Waals surface area contributed by atoms with E-state index in [-0.39, 0.29) is 18.4 Å². The second-order valence-electron chi connectivity index (χ2n) is 5.14. The summed E-state index contributed by atoms with van der Waals surface area (Å²) in [4.78, 5) is 25.5. The quantitative estimate of drug-likeness (QED) is 0.672. The van der Waals surface area contributed by atoms with Gasteiger partial charge < -0.3 is 14.4 Å². The van der Waals surface area contributed by atoms with Crippen molar-refractivity contribution in [3.05, 3.63) is 28.5 Å². The van der Waals surface area contributed by atoms with Gasteiger partial charge in [0.25, 0.3) is 5.91 Å².